The zero-order chi connectivity index (χ0) is 20.4. The molecule has 0 atom stereocenters. The van der Waals surface area contributed by atoms with Gasteiger partial charge in [-0.25, -0.2) is 13.6 Å². The highest BCUT2D eigenvalue weighted by Crippen LogP contribution is 2.36. The van der Waals surface area contributed by atoms with Crippen LogP contribution in [0.1, 0.15) is 16.7 Å². The Morgan fingerprint density at radius 2 is 1.31 bits per heavy atom. The molecule has 1 saturated heterocycles. The van der Waals surface area contributed by atoms with Gasteiger partial charge in [-0.2, -0.15) is 5.10 Å². The van der Waals surface area contributed by atoms with Crippen LogP contribution in [0.2, 0.25) is 0 Å². The van der Waals surface area contributed by atoms with Gasteiger partial charge in [0.15, 0.2) is 5.54 Å². The highest BCUT2D eigenvalue weighted by atomic mass is 19.1. The summed E-state index contributed by atoms with van der Waals surface area (Å²) in [5.41, 5.74) is -0.853. The Morgan fingerprint density at radius 1 is 0.793 bits per heavy atom. The van der Waals surface area contributed by atoms with Crippen LogP contribution in [-0.4, -0.2) is 23.2 Å². The molecule has 4 rings (SSSR count). The van der Waals surface area contributed by atoms with E-state index in [0.29, 0.717) is 16.1 Å². The highest BCUT2D eigenvalue weighted by molar-refractivity contribution is 6.09. The van der Waals surface area contributed by atoms with Gasteiger partial charge in [0.25, 0.3) is 5.91 Å². The van der Waals surface area contributed by atoms with Crippen molar-refractivity contribution in [3.05, 3.63) is 107 Å². The summed E-state index contributed by atoms with van der Waals surface area (Å²) in [6, 6.07) is 20.0. The SMILES string of the molecule is O=C1NC(c2ccccc2)(c2ccccc2)C(=O)N1N=Cc1c(F)cccc1F. The number of nitrogens with one attached hydrogen (secondary N) is 1. The standard InChI is InChI=1S/C22H15F2N3O2/c23-18-12-7-13-19(24)17(18)14-25-27-20(28)22(26-21(27)29,15-8-3-1-4-9-15)16-10-5-2-6-11-16/h1-14H,(H,26,29). The number of nitrogens with zero attached hydrogens (tertiary/aromatic N) is 2. The third kappa shape index (κ3) is 3.06. The number of rotatable bonds is 4. The van der Waals surface area contributed by atoms with Gasteiger partial charge in [-0.1, -0.05) is 66.7 Å². The van der Waals surface area contributed by atoms with Crippen molar-refractivity contribution in [1.29, 1.82) is 0 Å². The zero-order valence-electron chi connectivity index (χ0n) is 15.0. The molecule has 0 spiro atoms. The largest absolute Gasteiger partial charge is 0.346 e. The van der Waals surface area contributed by atoms with Crippen LogP contribution in [0, 0.1) is 11.6 Å². The maximum atomic E-state index is 13.9. The van der Waals surface area contributed by atoms with Crippen molar-refractivity contribution in [3.63, 3.8) is 0 Å². The van der Waals surface area contributed by atoms with Crippen molar-refractivity contribution in [1.82, 2.24) is 10.3 Å². The maximum Gasteiger partial charge on any atom is 0.346 e. The quantitative estimate of drug-likeness (QED) is 0.543. The molecule has 3 amide bonds. The molecule has 0 unspecified atom stereocenters. The Morgan fingerprint density at radius 3 is 1.83 bits per heavy atom. The van der Waals surface area contributed by atoms with Gasteiger partial charge in [-0.15, -0.1) is 5.01 Å². The second-order valence-corrected chi connectivity index (χ2v) is 6.41. The van der Waals surface area contributed by atoms with E-state index in [1.54, 1.807) is 60.7 Å². The lowest BCUT2D eigenvalue weighted by atomic mass is 9.83. The number of carbonyl (C=O) groups is 2. The van der Waals surface area contributed by atoms with Gasteiger partial charge in [0.05, 0.1) is 11.8 Å². The van der Waals surface area contributed by atoms with E-state index < -0.39 is 34.7 Å². The number of hydrogen-bond acceptors (Lipinski definition) is 3. The molecular formula is C22H15F2N3O2. The van der Waals surface area contributed by atoms with Crippen LogP contribution in [0.15, 0.2) is 84.0 Å². The summed E-state index contributed by atoms with van der Waals surface area (Å²) in [6.45, 7) is 0. The second kappa shape index (κ2) is 7.27. The third-order valence-electron chi connectivity index (χ3n) is 4.72. The van der Waals surface area contributed by atoms with Gasteiger partial charge in [0.1, 0.15) is 11.6 Å². The summed E-state index contributed by atoms with van der Waals surface area (Å²) in [5.74, 6) is -2.37. The van der Waals surface area contributed by atoms with Crippen LogP contribution >= 0.6 is 0 Å². The topological polar surface area (TPSA) is 61.8 Å². The predicted molar refractivity (Wildman–Crippen MR) is 103 cm³/mol. The van der Waals surface area contributed by atoms with E-state index in [1.165, 1.54) is 6.07 Å². The molecule has 1 aliphatic heterocycles. The lowest BCUT2D eigenvalue weighted by molar-refractivity contribution is -0.130. The molecule has 3 aromatic carbocycles. The first kappa shape index (κ1) is 18.5. The number of urea groups is 1. The fourth-order valence-corrected chi connectivity index (χ4v) is 3.31. The number of benzene rings is 3. The van der Waals surface area contributed by atoms with Crippen LogP contribution < -0.4 is 5.32 Å². The molecule has 1 N–H and O–H groups in total. The van der Waals surface area contributed by atoms with Crippen molar-refractivity contribution >= 4 is 18.2 Å². The van der Waals surface area contributed by atoms with Crippen molar-refractivity contribution in [2.45, 2.75) is 5.54 Å². The molecule has 0 aromatic heterocycles. The number of carbonyl (C=O) groups excluding carboxylic acids is 2. The van der Waals surface area contributed by atoms with E-state index in [0.717, 1.165) is 18.3 Å². The van der Waals surface area contributed by atoms with Crippen LogP contribution in [0.5, 0.6) is 0 Å². The van der Waals surface area contributed by atoms with Crippen molar-refractivity contribution in [2.24, 2.45) is 5.10 Å². The van der Waals surface area contributed by atoms with Crippen LogP contribution in [0.25, 0.3) is 0 Å². The molecule has 0 saturated carbocycles. The number of hydrazone groups is 1. The zero-order valence-corrected chi connectivity index (χ0v) is 15.0. The van der Waals surface area contributed by atoms with Gasteiger partial charge in [-0.3, -0.25) is 4.79 Å². The molecule has 5 nitrogen and oxygen atoms in total. The predicted octanol–water partition coefficient (Wildman–Crippen LogP) is 3.79. The first-order chi connectivity index (χ1) is 14.0. The van der Waals surface area contributed by atoms with Gasteiger partial charge in [0, 0.05) is 0 Å². The lowest BCUT2D eigenvalue weighted by Crippen LogP contribution is -2.44. The number of amides is 3. The number of imide groups is 1. The molecule has 29 heavy (non-hydrogen) atoms. The molecule has 3 aromatic rings. The third-order valence-corrected chi connectivity index (χ3v) is 4.72. The van der Waals surface area contributed by atoms with Crippen molar-refractivity contribution in [2.75, 3.05) is 0 Å². The van der Waals surface area contributed by atoms with E-state index in [2.05, 4.69) is 10.4 Å². The lowest BCUT2D eigenvalue weighted by Gasteiger charge is -2.27. The van der Waals surface area contributed by atoms with Gasteiger partial charge in [-0.05, 0) is 23.3 Å². The van der Waals surface area contributed by atoms with Crippen LogP contribution in [0.3, 0.4) is 0 Å². The average Bonchev–Trinajstić information content (AvgIpc) is 3.00. The minimum Gasteiger partial charge on any atom is -0.314 e. The minimum atomic E-state index is -1.50. The average molecular weight is 391 g/mol. The van der Waals surface area contributed by atoms with E-state index >= 15 is 0 Å². The molecule has 1 aliphatic rings. The molecule has 7 heteroatoms. The van der Waals surface area contributed by atoms with Crippen molar-refractivity contribution < 1.29 is 18.4 Å². The van der Waals surface area contributed by atoms with Crippen LogP contribution in [-0.2, 0) is 10.3 Å². The molecule has 0 bridgehead atoms. The fraction of sp³-hybridized carbons (Fsp3) is 0.0455. The summed E-state index contributed by atoms with van der Waals surface area (Å²) in [4.78, 5) is 26.0. The van der Waals surface area contributed by atoms with Crippen molar-refractivity contribution in [3.8, 4) is 0 Å². The summed E-state index contributed by atoms with van der Waals surface area (Å²) in [5, 5.41) is 7.08. The van der Waals surface area contributed by atoms with E-state index in [9.17, 15) is 18.4 Å². The van der Waals surface area contributed by atoms with Gasteiger partial charge < -0.3 is 5.32 Å². The Balaban J connectivity index is 1.79. The number of hydrogen-bond donors (Lipinski definition) is 1. The molecule has 1 heterocycles. The first-order valence-corrected chi connectivity index (χ1v) is 8.80. The minimum absolute atomic E-state index is 0.440. The van der Waals surface area contributed by atoms with E-state index in [4.69, 9.17) is 0 Å². The fourth-order valence-electron chi connectivity index (χ4n) is 3.31. The molecular weight excluding hydrogens is 376 g/mol. The molecule has 144 valence electrons. The highest BCUT2D eigenvalue weighted by Gasteiger charge is 2.54. The Kier molecular flexibility index (Phi) is 4.64. The second-order valence-electron chi connectivity index (χ2n) is 6.41. The number of halogens is 2. The Hall–Kier alpha value is -3.87. The summed E-state index contributed by atoms with van der Waals surface area (Å²) in [7, 11) is 0. The van der Waals surface area contributed by atoms with Gasteiger partial charge in [0.2, 0.25) is 0 Å². The monoisotopic (exact) mass is 391 g/mol. The van der Waals surface area contributed by atoms with Crippen LogP contribution in [0.4, 0.5) is 13.6 Å². The smallest absolute Gasteiger partial charge is 0.314 e. The normalized spacial score (nSPS) is 15.7. The molecule has 0 aliphatic carbocycles. The first-order valence-electron chi connectivity index (χ1n) is 8.80. The van der Waals surface area contributed by atoms with E-state index in [1.807, 2.05) is 0 Å². The summed E-state index contributed by atoms with van der Waals surface area (Å²) < 4.78 is 27.7. The Labute approximate surface area is 165 Å². The molecule has 1 fully saturated rings. The summed E-state index contributed by atoms with van der Waals surface area (Å²) in [6.07, 6.45) is 0.828. The molecule has 0 radical (unpaired) electrons. The van der Waals surface area contributed by atoms with E-state index in [-0.39, 0.29) is 0 Å². The van der Waals surface area contributed by atoms with Gasteiger partial charge >= 0.3 is 6.03 Å². The maximum absolute atomic E-state index is 13.9. The summed E-state index contributed by atoms with van der Waals surface area (Å²) >= 11 is 0. The Bertz CT molecular complexity index is 1040.